The Morgan fingerprint density at radius 3 is 2.62 bits per heavy atom. The van der Waals surface area contributed by atoms with E-state index in [0.29, 0.717) is 17.1 Å². The molecule has 2 aromatic rings. The topological polar surface area (TPSA) is 111 Å². The number of hydrogen-bond donors (Lipinski definition) is 2. The Kier molecular flexibility index (Phi) is 6.92. The van der Waals surface area contributed by atoms with Crippen LogP contribution in [0.15, 0.2) is 41.4 Å². The van der Waals surface area contributed by atoms with Gasteiger partial charge < -0.3 is 9.88 Å². The fourth-order valence-electron chi connectivity index (χ4n) is 3.63. The highest BCUT2D eigenvalue weighted by Gasteiger charge is 2.20. The van der Waals surface area contributed by atoms with Gasteiger partial charge in [-0.05, 0) is 36.6 Å². The van der Waals surface area contributed by atoms with Crippen LogP contribution in [0.25, 0.3) is 0 Å². The smallest absolute Gasteiger partial charge is 0.239 e. The van der Waals surface area contributed by atoms with E-state index in [9.17, 15) is 17.4 Å². The van der Waals surface area contributed by atoms with E-state index in [-0.39, 0.29) is 22.5 Å². The van der Waals surface area contributed by atoms with Crippen LogP contribution >= 0.6 is 0 Å². The number of benzene rings is 1. The third-order valence-electron chi connectivity index (χ3n) is 5.20. The summed E-state index contributed by atoms with van der Waals surface area (Å²) in [5.41, 5.74) is 2.11. The average Bonchev–Trinajstić information content (AvgIpc) is 3.03. The van der Waals surface area contributed by atoms with Gasteiger partial charge in [0.15, 0.2) is 0 Å². The Morgan fingerprint density at radius 2 is 1.97 bits per heavy atom. The second-order valence-corrected chi connectivity index (χ2v) is 10.8. The first-order chi connectivity index (χ1) is 13.7. The minimum absolute atomic E-state index is 0.0181. The molecule has 29 heavy (non-hydrogen) atoms. The van der Waals surface area contributed by atoms with E-state index in [1.165, 1.54) is 18.7 Å². The van der Waals surface area contributed by atoms with Crippen molar-refractivity contribution in [3.8, 4) is 0 Å². The van der Waals surface area contributed by atoms with Gasteiger partial charge in [0.1, 0.15) is 0 Å². The number of primary sulfonamides is 1. The highest BCUT2D eigenvalue weighted by atomic mass is 32.2. The summed E-state index contributed by atoms with van der Waals surface area (Å²) >= 11 is 0. The number of carbonyl (C=O) groups excluding carboxylic acids is 1. The highest BCUT2D eigenvalue weighted by molar-refractivity contribution is 7.89. The lowest BCUT2D eigenvalue weighted by molar-refractivity contribution is -0.115. The van der Waals surface area contributed by atoms with Crippen molar-refractivity contribution in [1.29, 1.82) is 0 Å². The number of nitrogens with zero attached hydrogens (tertiary/aromatic N) is 1. The fourth-order valence-corrected chi connectivity index (χ4v) is 5.84. The van der Waals surface area contributed by atoms with E-state index in [1.807, 2.05) is 18.2 Å². The molecule has 0 spiro atoms. The number of amides is 1. The summed E-state index contributed by atoms with van der Waals surface area (Å²) < 4.78 is 37.1. The van der Waals surface area contributed by atoms with Crippen molar-refractivity contribution in [2.24, 2.45) is 12.2 Å². The SMILES string of the molecule is Cn1cc(S(N)(=O)=O)cc1CC(=O)Nc1cccc(CS(=O)C2CCCCC2)c1. The second-order valence-electron chi connectivity index (χ2n) is 7.53. The summed E-state index contributed by atoms with van der Waals surface area (Å²) in [6, 6.07) is 8.79. The standard InChI is InChI=1S/C20H27N3O4S2/c1-23-13-19(29(21,26)27)11-17(23)12-20(24)22-16-7-5-6-15(10-16)14-28(25)18-8-3-2-4-9-18/h5-7,10-11,13,18H,2-4,8-9,12,14H2,1H3,(H,22,24)(H2,21,26,27). The quantitative estimate of drug-likeness (QED) is 0.693. The Hall–Kier alpha value is -1.97. The van der Waals surface area contributed by atoms with Crippen molar-refractivity contribution in [1.82, 2.24) is 4.57 Å². The van der Waals surface area contributed by atoms with Gasteiger partial charge in [0.25, 0.3) is 0 Å². The Bertz CT molecular complexity index is 1010. The summed E-state index contributed by atoms with van der Waals surface area (Å²) in [5.74, 6) is 0.224. The molecule has 0 bridgehead atoms. The van der Waals surface area contributed by atoms with Gasteiger partial charge in [0.05, 0.1) is 11.3 Å². The average molecular weight is 438 g/mol. The molecule has 1 aromatic carbocycles. The van der Waals surface area contributed by atoms with E-state index in [0.717, 1.165) is 31.2 Å². The van der Waals surface area contributed by atoms with Crippen LogP contribution < -0.4 is 10.5 Å². The first kappa shape index (κ1) is 21.7. The number of rotatable bonds is 7. The Morgan fingerprint density at radius 1 is 1.24 bits per heavy atom. The summed E-state index contributed by atoms with van der Waals surface area (Å²) in [7, 11) is -3.05. The molecular weight excluding hydrogens is 410 g/mol. The molecule has 1 aromatic heterocycles. The molecule has 0 aliphatic heterocycles. The molecule has 1 saturated carbocycles. The number of hydrogen-bond acceptors (Lipinski definition) is 4. The van der Waals surface area contributed by atoms with Crippen molar-refractivity contribution < 1.29 is 17.4 Å². The summed E-state index contributed by atoms with van der Waals surface area (Å²) in [6.07, 6.45) is 7.00. The molecule has 1 heterocycles. The lowest BCUT2D eigenvalue weighted by Gasteiger charge is -2.21. The van der Waals surface area contributed by atoms with Crippen LogP contribution in [-0.2, 0) is 44.8 Å². The molecular formula is C20H27N3O4S2. The predicted octanol–water partition coefficient (Wildman–Crippen LogP) is 2.44. The Balaban J connectivity index is 1.62. The largest absolute Gasteiger partial charge is 0.353 e. The van der Waals surface area contributed by atoms with Crippen LogP contribution in [0, 0.1) is 0 Å². The molecule has 1 fully saturated rings. The number of nitrogens with two attached hydrogens (primary N) is 1. The van der Waals surface area contributed by atoms with Gasteiger partial charge in [-0.1, -0.05) is 31.4 Å². The van der Waals surface area contributed by atoms with E-state index in [4.69, 9.17) is 5.14 Å². The molecule has 0 radical (unpaired) electrons. The summed E-state index contributed by atoms with van der Waals surface area (Å²) in [4.78, 5) is 12.4. The van der Waals surface area contributed by atoms with Crippen LogP contribution in [-0.4, -0.2) is 28.4 Å². The molecule has 1 aliphatic carbocycles. The molecule has 3 N–H and O–H groups in total. The van der Waals surface area contributed by atoms with E-state index in [2.05, 4.69) is 5.32 Å². The molecule has 1 amide bonds. The van der Waals surface area contributed by atoms with Gasteiger partial charge in [-0.2, -0.15) is 0 Å². The molecule has 7 nitrogen and oxygen atoms in total. The molecule has 1 aliphatic rings. The monoisotopic (exact) mass is 437 g/mol. The fraction of sp³-hybridized carbons (Fsp3) is 0.450. The zero-order chi connectivity index (χ0) is 21.0. The number of nitrogens with one attached hydrogen (secondary N) is 1. The van der Waals surface area contributed by atoms with Gasteiger partial charge in [-0.15, -0.1) is 0 Å². The first-order valence-corrected chi connectivity index (χ1v) is 12.6. The van der Waals surface area contributed by atoms with Crippen LogP contribution in [0.2, 0.25) is 0 Å². The van der Waals surface area contributed by atoms with E-state index >= 15 is 0 Å². The maximum atomic E-state index is 12.6. The summed E-state index contributed by atoms with van der Waals surface area (Å²) in [5, 5.41) is 8.23. The number of sulfonamides is 1. The highest BCUT2D eigenvalue weighted by Crippen LogP contribution is 2.24. The number of aryl methyl sites for hydroxylation is 1. The molecule has 9 heteroatoms. The zero-order valence-corrected chi connectivity index (χ0v) is 18.1. The maximum absolute atomic E-state index is 12.6. The minimum Gasteiger partial charge on any atom is -0.353 e. The van der Waals surface area contributed by atoms with Gasteiger partial charge in [0, 0.05) is 46.4 Å². The third-order valence-corrected chi connectivity index (χ3v) is 7.91. The van der Waals surface area contributed by atoms with Crippen molar-refractivity contribution in [3.63, 3.8) is 0 Å². The third kappa shape index (κ3) is 6.01. The van der Waals surface area contributed by atoms with Crippen molar-refractivity contribution in [3.05, 3.63) is 47.8 Å². The molecule has 3 rings (SSSR count). The van der Waals surface area contributed by atoms with Gasteiger partial charge in [-0.3, -0.25) is 9.00 Å². The maximum Gasteiger partial charge on any atom is 0.239 e. The predicted molar refractivity (Wildman–Crippen MR) is 114 cm³/mol. The molecule has 158 valence electrons. The molecule has 1 unspecified atom stereocenters. The normalized spacial score (nSPS) is 16.5. The lowest BCUT2D eigenvalue weighted by atomic mass is 10.0. The van der Waals surface area contributed by atoms with E-state index < -0.39 is 20.8 Å². The van der Waals surface area contributed by atoms with Gasteiger partial charge >= 0.3 is 0 Å². The van der Waals surface area contributed by atoms with E-state index in [1.54, 1.807) is 17.7 Å². The lowest BCUT2D eigenvalue weighted by Crippen LogP contribution is -2.20. The number of anilines is 1. The van der Waals surface area contributed by atoms with Crippen LogP contribution in [0.4, 0.5) is 5.69 Å². The minimum atomic E-state index is -3.81. The van der Waals surface area contributed by atoms with Crippen molar-refractivity contribution in [2.45, 2.75) is 54.4 Å². The summed E-state index contributed by atoms with van der Waals surface area (Å²) in [6.45, 7) is 0. The molecule has 1 atom stereocenters. The van der Waals surface area contributed by atoms with Crippen molar-refractivity contribution >= 4 is 32.4 Å². The number of aromatic nitrogens is 1. The Labute approximate surface area is 174 Å². The first-order valence-electron chi connectivity index (χ1n) is 9.66. The van der Waals surface area contributed by atoms with Crippen LogP contribution in [0.5, 0.6) is 0 Å². The van der Waals surface area contributed by atoms with Crippen molar-refractivity contribution in [2.75, 3.05) is 5.32 Å². The van der Waals surface area contributed by atoms with Crippen LogP contribution in [0.1, 0.15) is 43.4 Å². The second kappa shape index (κ2) is 9.23. The zero-order valence-electron chi connectivity index (χ0n) is 16.5. The van der Waals surface area contributed by atoms with Gasteiger partial charge in [0.2, 0.25) is 15.9 Å². The number of carbonyl (C=O) groups is 1. The molecule has 0 saturated heterocycles. The van der Waals surface area contributed by atoms with Crippen LogP contribution in [0.3, 0.4) is 0 Å². The van der Waals surface area contributed by atoms with Gasteiger partial charge in [-0.25, -0.2) is 13.6 Å².